The molecule has 0 radical (unpaired) electrons. The van der Waals surface area contributed by atoms with E-state index in [1.54, 1.807) is 16.8 Å². The molecule has 0 saturated carbocycles. The molecule has 1 N–H and O–H groups in total. The second kappa shape index (κ2) is 8.67. The molecular weight excluding hydrogens is 356 g/mol. The predicted molar refractivity (Wildman–Crippen MR) is 108 cm³/mol. The molecular formula is C21H24N4O3. The normalized spacial score (nSPS) is 11.0. The van der Waals surface area contributed by atoms with Gasteiger partial charge in [-0.1, -0.05) is 18.2 Å². The summed E-state index contributed by atoms with van der Waals surface area (Å²) in [5.74, 6) is 0.881. The van der Waals surface area contributed by atoms with Gasteiger partial charge >= 0.3 is 0 Å². The molecule has 2 aromatic carbocycles. The lowest BCUT2D eigenvalue weighted by Gasteiger charge is -2.14. The number of nitro groups is 1. The fraction of sp³-hybridized carbons (Fsp3) is 0.286. The van der Waals surface area contributed by atoms with Gasteiger partial charge < -0.3 is 10.1 Å². The maximum absolute atomic E-state index is 10.9. The van der Waals surface area contributed by atoms with Crippen LogP contribution in [-0.4, -0.2) is 20.8 Å². The molecule has 0 spiro atoms. The van der Waals surface area contributed by atoms with E-state index in [0.717, 1.165) is 28.1 Å². The van der Waals surface area contributed by atoms with Gasteiger partial charge in [0.1, 0.15) is 5.75 Å². The molecule has 0 aliphatic carbocycles. The monoisotopic (exact) mass is 380 g/mol. The van der Waals surface area contributed by atoms with Crippen molar-refractivity contribution in [2.24, 2.45) is 7.05 Å². The predicted octanol–water partition coefficient (Wildman–Crippen LogP) is 4.07. The van der Waals surface area contributed by atoms with Crippen molar-refractivity contribution in [3.8, 4) is 17.0 Å². The minimum atomic E-state index is -0.401. The number of aromatic nitrogens is 2. The van der Waals surface area contributed by atoms with Crippen molar-refractivity contribution in [1.29, 1.82) is 0 Å². The Morgan fingerprint density at radius 1 is 1.11 bits per heavy atom. The van der Waals surface area contributed by atoms with Gasteiger partial charge in [-0.25, -0.2) is 0 Å². The van der Waals surface area contributed by atoms with E-state index >= 15 is 0 Å². The van der Waals surface area contributed by atoms with Gasteiger partial charge in [-0.2, -0.15) is 5.10 Å². The molecule has 0 fully saturated rings. The Morgan fingerprint density at radius 3 is 2.46 bits per heavy atom. The fourth-order valence-corrected chi connectivity index (χ4v) is 3.00. The summed E-state index contributed by atoms with van der Waals surface area (Å²) in [6.45, 7) is 5.31. The van der Waals surface area contributed by atoms with E-state index in [2.05, 4.69) is 10.4 Å². The van der Waals surface area contributed by atoms with E-state index in [-0.39, 0.29) is 11.8 Å². The summed E-state index contributed by atoms with van der Waals surface area (Å²) in [4.78, 5) is 10.5. The summed E-state index contributed by atoms with van der Waals surface area (Å²) in [5, 5.41) is 18.8. The maximum Gasteiger partial charge on any atom is 0.269 e. The maximum atomic E-state index is 10.9. The first-order valence-electron chi connectivity index (χ1n) is 9.16. The molecule has 0 amide bonds. The lowest BCUT2D eigenvalue weighted by Crippen LogP contribution is -2.15. The fourth-order valence-electron chi connectivity index (χ4n) is 3.00. The van der Waals surface area contributed by atoms with Crippen LogP contribution in [0.3, 0.4) is 0 Å². The first kappa shape index (κ1) is 19.6. The standard InChI is InChI=1S/C21H24N4O3/c1-15(2)28-20-7-5-4-6-17(20)12-22-13-18-14-24(3)23-21(18)16-8-10-19(11-9-16)25(26)27/h4-11,14-15,22H,12-13H2,1-3H3. The molecule has 7 nitrogen and oxygen atoms in total. The SMILES string of the molecule is CC(C)Oc1ccccc1CNCc1cn(C)nc1-c1ccc([N+](=O)[O-])cc1. The molecule has 146 valence electrons. The first-order chi connectivity index (χ1) is 13.4. The average molecular weight is 380 g/mol. The number of nitrogens with one attached hydrogen (secondary N) is 1. The minimum absolute atomic E-state index is 0.0705. The largest absolute Gasteiger partial charge is 0.491 e. The van der Waals surface area contributed by atoms with Gasteiger partial charge in [0.05, 0.1) is 16.7 Å². The lowest BCUT2D eigenvalue weighted by molar-refractivity contribution is -0.384. The van der Waals surface area contributed by atoms with Crippen molar-refractivity contribution < 1.29 is 9.66 Å². The summed E-state index contributed by atoms with van der Waals surface area (Å²) in [5.41, 5.74) is 3.86. The number of ether oxygens (including phenoxy) is 1. The molecule has 7 heteroatoms. The van der Waals surface area contributed by atoms with Crippen LogP contribution >= 0.6 is 0 Å². The Hall–Kier alpha value is -3.19. The van der Waals surface area contributed by atoms with Crippen molar-refractivity contribution in [3.05, 3.63) is 76.0 Å². The second-order valence-electron chi connectivity index (χ2n) is 6.86. The molecule has 0 bridgehead atoms. The highest BCUT2D eigenvalue weighted by molar-refractivity contribution is 5.64. The van der Waals surface area contributed by atoms with E-state index in [1.807, 2.05) is 51.4 Å². The van der Waals surface area contributed by atoms with Crippen LogP contribution < -0.4 is 10.1 Å². The molecule has 0 atom stereocenters. The highest BCUT2D eigenvalue weighted by Gasteiger charge is 2.13. The van der Waals surface area contributed by atoms with Crippen molar-refractivity contribution in [2.45, 2.75) is 33.0 Å². The van der Waals surface area contributed by atoms with E-state index in [0.29, 0.717) is 13.1 Å². The van der Waals surface area contributed by atoms with E-state index < -0.39 is 4.92 Å². The summed E-state index contributed by atoms with van der Waals surface area (Å²) in [6, 6.07) is 14.5. The summed E-state index contributed by atoms with van der Waals surface area (Å²) >= 11 is 0. The van der Waals surface area contributed by atoms with Crippen LogP contribution in [0.4, 0.5) is 5.69 Å². The Morgan fingerprint density at radius 2 is 1.79 bits per heavy atom. The number of aryl methyl sites for hydroxylation is 1. The number of hydrogen-bond donors (Lipinski definition) is 1. The topological polar surface area (TPSA) is 82.2 Å². The van der Waals surface area contributed by atoms with Crippen molar-refractivity contribution in [3.63, 3.8) is 0 Å². The van der Waals surface area contributed by atoms with Gasteiger partial charge in [0.2, 0.25) is 0 Å². The van der Waals surface area contributed by atoms with Crippen LogP contribution in [0.1, 0.15) is 25.0 Å². The molecule has 1 heterocycles. The average Bonchev–Trinajstić information content (AvgIpc) is 3.03. The quantitative estimate of drug-likeness (QED) is 0.470. The summed E-state index contributed by atoms with van der Waals surface area (Å²) < 4.78 is 7.62. The Balaban J connectivity index is 1.72. The number of benzene rings is 2. The van der Waals surface area contributed by atoms with Crippen molar-refractivity contribution in [1.82, 2.24) is 15.1 Å². The molecule has 0 saturated heterocycles. The molecule has 28 heavy (non-hydrogen) atoms. The summed E-state index contributed by atoms with van der Waals surface area (Å²) in [7, 11) is 1.87. The third-order valence-corrected chi connectivity index (χ3v) is 4.22. The Bertz CT molecular complexity index is 949. The minimum Gasteiger partial charge on any atom is -0.491 e. The van der Waals surface area contributed by atoms with E-state index in [4.69, 9.17) is 4.74 Å². The Labute approximate surface area is 164 Å². The number of nitrogens with zero attached hydrogens (tertiary/aromatic N) is 3. The Kier molecular flexibility index (Phi) is 6.06. The van der Waals surface area contributed by atoms with Crippen molar-refractivity contribution >= 4 is 5.69 Å². The van der Waals surface area contributed by atoms with Gasteiger partial charge in [0.15, 0.2) is 0 Å². The van der Waals surface area contributed by atoms with Crippen LogP contribution in [0.15, 0.2) is 54.7 Å². The van der Waals surface area contributed by atoms with Crippen LogP contribution in [-0.2, 0) is 20.1 Å². The van der Waals surface area contributed by atoms with Crippen LogP contribution in [0.25, 0.3) is 11.3 Å². The smallest absolute Gasteiger partial charge is 0.269 e. The third-order valence-electron chi connectivity index (χ3n) is 4.22. The molecule has 0 aliphatic heterocycles. The number of para-hydroxylation sites is 1. The van der Waals surface area contributed by atoms with Crippen LogP contribution in [0.5, 0.6) is 5.75 Å². The van der Waals surface area contributed by atoms with Crippen molar-refractivity contribution in [2.75, 3.05) is 0 Å². The number of rotatable bonds is 8. The zero-order valence-corrected chi connectivity index (χ0v) is 16.3. The molecule has 3 rings (SSSR count). The van der Waals surface area contributed by atoms with Gasteiger partial charge in [0, 0.05) is 55.2 Å². The second-order valence-corrected chi connectivity index (χ2v) is 6.86. The van der Waals surface area contributed by atoms with Gasteiger partial charge in [-0.15, -0.1) is 0 Å². The molecule has 0 aliphatic rings. The number of non-ortho nitro benzene ring substituents is 1. The molecule has 3 aromatic rings. The first-order valence-corrected chi connectivity index (χ1v) is 9.16. The third kappa shape index (κ3) is 4.75. The van der Waals surface area contributed by atoms with E-state index in [9.17, 15) is 10.1 Å². The number of hydrogen-bond acceptors (Lipinski definition) is 5. The van der Waals surface area contributed by atoms with Gasteiger partial charge in [-0.3, -0.25) is 14.8 Å². The van der Waals surface area contributed by atoms with Gasteiger partial charge in [-0.05, 0) is 32.0 Å². The zero-order chi connectivity index (χ0) is 20.1. The number of nitro benzene ring substituents is 1. The van der Waals surface area contributed by atoms with Crippen LogP contribution in [0, 0.1) is 10.1 Å². The molecule has 1 aromatic heterocycles. The molecule has 0 unspecified atom stereocenters. The highest BCUT2D eigenvalue weighted by Crippen LogP contribution is 2.25. The summed E-state index contributed by atoms with van der Waals surface area (Å²) in [6.07, 6.45) is 2.08. The highest BCUT2D eigenvalue weighted by atomic mass is 16.6. The van der Waals surface area contributed by atoms with Gasteiger partial charge in [0.25, 0.3) is 5.69 Å². The lowest BCUT2D eigenvalue weighted by atomic mass is 10.1. The van der Waals surface area contributed by atoms with E-state index in [1.165, 1.54) is 12.1 Å². The van der Waals surface area contributed by atoms with Crippen LogP contribution in [0.2, 0.25) is 0 Å². The zero-order valence-electron chi connectivity index (χ0n) is 16.3.